The Morgan fingerprint density at radius 2 is 1.83 bits per heavy atom. The number of carboxylic acid groups (broad SMARTS) is 1. The monoisotopic (exact) mass is 431 g/mol. The second-order valence-electron chi connectivity index (χ2n) is 7.53. The zero-order valence-electron chi connectivity index (χ0n) is 17.0. The van der Waals surface area contributed by atoms with Crippen LogP contribution in [-0.2, 0) is 20.9 Å². The average Bonchev–Trinajstić information content (AvgIpc) is 3.02. The predicted octanol–water partition coefficient (Wildman–Crippen LogP) is 2.16. The number of amides is 2. The van der Waals surface area contributed by atoms with Crippen molar-refractivity contribution >= 4 is 17.8 Å². The van der Waals surface area contributed by atoms with Crippen LogP contribution in [0.5, 0.6) is 0 Å². The molecule has 1 saturated heterocycles. The van der Waals surface area contributed by atoms with Crippen LogP contribution in [-0.4, -0.2) is 53.1 Å². The molecule has 0 spiro atoms. The Morgan fingerprint density at radius 1 is 1.27 bits per heavy atom. The number of carboxylic acids is 1. The molecule has 1 aromatic carbocycles. The highest BCUT2D eigenvalue weighted by Crippen LogP contribution is 2.21. The van der Waals surface area contributed by atoms with E-state index in [1.807, 2.05) is 30.3 Å². The molecule has 10 heteroatoms. The van der Waals surface area contributed by atoms with Crippen LogP contribution < -0.4 is 11.1 Å². The van der Waals surface area contributed by atoms with E-state index in [1.54, 1.807) is 4.90 Å². The molecule has 2 atom stereocenters. The van der Waals surface area contributed by atoms with Crippen LogP contribution in [0.4, 0.5) is 13.2 Å². The third-order valence-electron chi connectivity index (χ3n) is 4.43. The van der Waals surface area contributed by atoms with Crippen LogP contribution in [0.25, 0.3) is 0 Å². The quantitative estimate of drug-likeness (QED) is 0.612. The normalized spacial score (nSPS) is 17.4. The highest BCUT2D eigenvalue weighted by Gasteiger charge is 2.38. The second kappa shape index (κ2) is 11.5. The maximum atomic E-state index is 12.4. The number of likely N-dealkylation sites (tertiary alicyclic amines) is 1. The molecular weight excluding hydrogens is 403 g/mol. The maximum absolute atomic E-state index is 12.4. The van der Waals surface area contributed by atoms with E-state index in [0.29, 0.717) is 25.6 Å². The summed E-state index contributed by atoms with van der Waals surface area (Å²) in [6.07, 6.45) is -3.94. The Bertz CT molecular complexity index is 711. The van der Waals surface area contributed by atoms with Gasteiger partial charge in [0.25, 0.3) is 0 Å². The number of hydrogen-bond acceptors (Lipinski definition) is 4. The average molecular weight is 431 g/mol. The molecule has 30 heavy (non-hydrogen) atoms. The molecule has 2 amide bonds. The van der Waals surface area contributed by atoms with Gasteiger partial charge in [-0.25, -0.2) is 4.79 Å². The highest BCUT2D eigenvalue weighted by atomic mass is 19.4. The SMILES string of the molecule is CC(C)CC(CN)NC(=O)C1CC(=O)N(Cc2ccccc2)C1.O=C(O)C(F)(F)F. The maximum Gasteiger partial charge on any atom is 0.490 e. The summed E-state index contributed by atoms with van der Waals surface area (Å²) in [4.78, 5) is 35.2. The van der Waals surface area contributed by atoms with Crippen molar-refractivity contribution in [3.63, 3.8) is 0 Å². The first-order chi connectivity index (χ1) is 13.9. The minimum atomic E-state index is -5.08. The van der Waals surface area contributed by atoms with E-state index in [4.69, 9.17) is 15.6 Å². The molecule has 4 N–H and O–H groups in total. The zero-order valence-corrected chi connectivity index (χ0v) is 17.0. The Kier molecular flexibility index (Phi) is 9.77. The van der Waals surface area contributed by atoms with Gasteiger partial charge in [-0.3, -0.25) is 9.59 Å². The number of nitrogens with two attached hydrogens (primary N) is 1. The van der Waals surface area contributed by atoms with Crippen molar-refractivity contribution in [2.45, 2.75) is 45.5 Å². The first-order valence-corrected chi connectivity index (χ1v) is 9.56. The molecule has 2 rings (SSSR count). The molecular formula is C20H28F3N3O4. The fourth-order valence-electron chi connectivity index (χ4n) is 3.01. The third kappa shape index (κ3) is 8.81. The van der Waals surface area contributed by atoms with E-state index in [2.05, 4.69) is 19.2 Å². The summed E-state index contributed by atoms with van der Waals surface area (Å²) in [7, 11) is 0. The molecule has 1 aliphatic rings. The lowest BCUT2D eigenvalue weighted by Gasteiger charge is -2.21. The number of halogens is 3. The smallest absolute Gasteiger partial charge is 0.475 e. The molecule has 0 radical (unpaired) electrons. The third-order valence-corrected chi connectivity index (χ3v) is 4.43. The van der Waals surface area contributed by atoms with Gasteiger partial charge in [0.1, 0.15) is 0 Å². The number of carbonyl (C=O) groups excluding carboxylic acids is 2. The van der Waals surface area contributed by atoms with Crippen LogP contribution in [0, 0.1) is 11.8 Å². The standard InChI is InChI=1S/C18H27N3O2.C2HF3O2/c1-13(2)8-16(10-19)20-18(23)15-9-17(22)21(12-15)11-14-6-4-3-5-7-14;3-2(4,5)1(6)7/h3-7,13,15-16H,8-12,19H2,1-2H3,(H,20,23);(H,6,7). The minimum Gasteiger partial charge on any atom is -0.475 e. The van der Waals surface area contributed by atoms with Crippen LogP contribution in [0.2, 0.25) is 0 Å². The Balaban J connectivity index is 0.000000553. The number of rotatable bonds is 7. The fourth-order valence-corrected chi connectivity index (χ4v) is 3.01. The summed E-state index contributed by atoms with van der Waals surface area (Å²) in [5, 5.41) is 10.1. The lowest BCUT2D eigenvalue weighted by Crippen LogP contribution is -2.44. The summed E-state index contributed by atoms with van der Waals surface area (Å²) in [6, 6.07) is 9.84. The predicted molar refractivity (Wildman–Crippen MR) is 104 cm³/mol. The molecule has 0 aliphatic carbocycles. The van der Waals surface area contributed by atoms with E-state index in [9.17, 15) is 22.8 Å². The molecule has 0 bridgehead atoms. The number of carbonyl (C=O) groups is 3. The molecule has 1 aliphatic heterocycles. The summed E-state index contributed by atoms with van der Waals surface area (Å²) < 4.78 is 31.7. The Morgan fingerprint density at radius 3 is 2.30 bits per heavy atom. The van der Waals surface area contributed by atoms with Crippen molar-refractivity contribution in [2.24, 2.45) is 17.6 Å². The summed E-state index contributed by atoms with van der Waals surface area (Å²) >= 11 is 0. The van der Waals surface area contributed by atoms with E-state index < -0.39 is 12.1 Å². The number of nitrogens with zero attached hydrogens (tertiary/aromatic N) is 1. The van der Waals surface area contributed by atoms with Crippen molar-refractivity contribution in [3.05, 3.63) is 35.9 Å². The lowest BCUT2D eigenvalue weighted by atomic mass is 10.0. The van der Waals surface area contributed by atoms with Gasteiger partial charge in [-0.05, 0) is 17.9 Å². The molecule has 1 aromatic rings. The van der Waals surface area contributed by atoms with Gasteiger partial charge >= 0.3 is 12.1 Å². The van der Waals surface area contributed by atoms with Crippen LogP contribution >= 0.6 is 0 Å². The van der Waals surface area contributed by atoms with E-state index in [-0.39, 0.29) is 30.2 Å². The van der Waals surface area contributed by atoms with Crippen molar-refractivity contribution in [1.29, 1.82) is 0 Å². The van der Waals surface area contributed by atoms with Gasteiger partial charge in [-0.1, -0.05) is 44.2 Å². The highest BCUT2D eigenvalue weighted by molar-refractivity contribution is 5.89. The van der Waals surface area contributed by atoms with Gasteiger partial charge in [0, 0.05) is 32.1 Å². The van der Waals surface area contributed by atoms with Gasteiger partial charge in [0.2, 0.25) is 11.8 Å². The summed E-state index contributed by atoms with van der Waals surface area (Å²) in [5.41, 5.74) is 6.82. The minimum absolute atomic E-state index is 0.0132. The Hall–Kier alpha value is -2.62. The fraction of sp³-hybridized carbons (Fsp3) is 0.550. The van der Waals surface area contributed by atoms with Crippen molar-refractivity contribution in [2.75, 3.05) is 13.1 Å². The lowest BCUT2D eigenvalue weighted by molar-refractivity contribution is -0.192. The van der Waals surface area contributed by atoms with Crippen molar-refractivity contribution < 1.29 is 32.7 Å². The topological polar surface area (TPSA) is 113 Å². The molecule has 0 aromatic heterocycles. The molecule has 0 saturated carbocycles. The molecule has 168 valence electrons. The van der Waals surface area contributed by atoms with Crippen molar-refractivity contribution in [3.8, 4) is 0 Å². The number of nitrogens with one attached hydrogen (secondary N) is 1. The largest absolute Gasteiger partial charge is 0.490 e. The first kappa shape index (κ1) is 25.4. The summed E-state index contributed by atoms with van der Waals surface area (Å²) in [6.45, 7) is 5.69. The van der Waals surface area contributed by atoms with Gasteiger partial charge in [0.15, 0.2) is 0 Å². The molecule has 7 nitrogen and oxygen atoms in total. The van der Waals surface area contributed by atoms with E-state index in [1.165, 1.54) is 0 Å². The van der Waals surface area contributed by atoms with Crippen LogP contribution in [0.15, 0.2) is 30.3 Å². The number of benzene rings is 1. The van der Waals surface area contributed by atoms with Gasteiger partial charge in [0.05, 0.1) is 5.92 Å². The van der Waals surface area contributed by atoms with E-state index >= 15 is 0 Å². The number of hydrogen-bond donors (Lipinski definition) is 3. The Labute approximate surface area is 173 Å². The van der Waals surface area contributed by atoms with Gasteiger partial charge < -0.3 is 21.1 Å². The molecule has 2 unspecified atom stereocenters. The molecule has 1 fully saturated rings. The van der Waals surface area contributed by atoms with Gasteiger partial charge in [-0.15, -0.1) is 0 Å². The zero-order chi connectivity index (χ0) is 22.9. The molecule has 1 heterocycles. The number of aliphatic carboxylic acids is 1. The number of alkyl halides is 3. The summed E-state index contributed by atoms with van der Waals surface area (Å²) in [5.74, 6) is -2.56. The van der Waals surface area contributed by atoms with E-state index in [0.717, 1.165) is 12.0 Å². The first-order valence-electron chi connectivity index (χ1n) is 9.56. The van der Waals surface area contributed by atoms with Crippen molar-refractivity contribution in [1.82, 2.24) is 10.2 Å². The van der Waals surface area contributed by atoms with Gasteiger partial charge in [-0.2, -0.15) is 13.2 Å². The van der Waals surface area contributed by atoms with Crippen LogP contribution in [0.1, 0.15) is 32.3 Å². The van der Waals surface area contributed by atoms with Crippen LogP contribution in [0.3, 0.4) is 0 Å². The second-order valence-corrected chi connectivity index (χ2v) is 7.53.